The number of sulfonamides is 1. The first-order valence-corrected chi connectivity index (χ1v) is 15.7. The second-order valence-electron chi connectivity index (χ2n) is 10.1. The molecule has 0 aromatic heterocycles. The Labute approximate surface area is 242 Å². The summed E-state index contributed by atoms with van der Waals surface area (Å²) in [6, 6.07) is 14.6. The number of carboxylic acid groups (broad SMARTS) is 1. The highest BCUT2D eigenvalue weighted by atomic mass is 32.2. The number of carbonyl (C=O) groups excluding carboxylic acids is 1. The number of ether oxygens (including phenoxy) is 1. The van der Waals surface area contributed by atoms with Crippen LogP contribution in [0.5, 0.6) is 0 Å². The highest BCUT2D eigenvalue weighted by Crippen LogP contribution is 2.28. The highest BCUT2D eigenvalue weighted by Gasteiger charge is 2.28. The van der Waals surface area contributed by atoms with Gasteiger partial charge < -0.3 is 30.9 Å². The van der Waals surface area contributed by atoms with Crippen molar-refractivity contribution < 1.29 is 33.0 Å². The zero-order valence-corrected chi connectivity index (χ0v) is 24.3. The predicted molar refractivity (Wildman–Crippen MR) is 159 cm³/mol. The fourth-order valence-corrected chi connectivity index (χ4v) is 6.63. The molecule has 0 aliphatic carbocycles. The van der Waals surface area contributed by atoms with Crippen LogP contribution in [0.1, 0.15) is 48.5 Å². The van der Waals surface area contributed by atoms with E-state index in [1.54, 1.807) is 18.2 Å². The summed E-state index contributed by atoms with van der Waals surface area (Å²) in [6.45, 7) is 4.47. The predicted octanol–water partition coefficient (Wildman–Crippen LogP) is 2.22. The zero-order chi connectivity index (χ0) is 29.7. The molecule has 2 aliphatic rings. The van der Waals surface area contributed by atoms with Crippen molar-refractivity contribution in [2.75, 3.05) is 48.2 Å². The number of anilines is 2. The maximum atomic E-state index is 13.6. The molecular formula is C29H42N4O7S. The highest BCUT2D eigenvalue weighted by molar-refractivity contribution is 7.92. The Morgan fingerprint density at radius 3 is 2.51 bits per heavy atom. The van der Waals surface area contributed by atoms with Crippen molar-refractivity contribution in [1.29, 1.82) is 0 Å². The summed E-state index contributed by atoms with van der Waals surface area (Å²) < 4.78 is 32.4. The number of hydrogen-bond donors (Lipinski definition) is 5. The van der Waals surface area contributed by atoms with E-state index >= 15 is 0 Å². The first-order valence-electron chi connectivity index (χ1n) is 14.1. The minimum Gasteiger partial charge on any atom is -0.483 e. The fourth-order valence-electron chi connectivity index (χ4n) is 5.01. The van der Waals surface area contributed by atoms with E-state index < -0.39 is 22.2 Å². The summed E-state index contributed by atoms with van der Waals surface area (Å²) >= 11 is 0. The van der Waals surface area contributed by atoms with Crippen LogP contribution in [0.25, 0.3) is 0 Å². The maximum absolute atomic E-state index is 13.6. The molecule has 41 heavy (non-hydrogen) atoms. The third-order valence-electron chi connectivity index (χ3n) is 7.11. The van der Waals surface area contributed by atoms with Gasteiger partial charge in [-0.05, 0) is 62.8 Å². The molecule has 12 heteroatoms. The first-order chi connectivity index (χ1) is 19.8. The number of hydrogen-bond acceptors (Lipinski definition) is 8. The van der Waals surface area contributed by atoms with Crippen LogP contribution in [-0.4, -0.2) is 87.8 Å². The lowest BCUT2D eigenvalue weighted by Crippen LogP contribution is -2.50. The number of aliphatic hydroxyl groups excluding tert-OH is 1. The fraction of sp³-hybridized carbons (Fsp3) is 0.517. The quantitative estimate of drug-likeness (QED) is 0.248. The van der Waals surface area contributed by atoms with Crippen molar-refractivity contribution in [3.8, 4) is 0 Å². The maximum Gasteiger partial charge on any atom is 0.290 e. The number of carbonyl (C=O) groups is 2. The van der Waals surface area contributed by atoms with Gasteiger partial charge in [-0.15, -0.1) is 0 Å². The van der Waals surface area contributed by atoms with Crippen LogP contribution in [0.4, 0.5) is 11.4 Å². The van der Waals surface area contributed by atoms with Crippen LogP contribution in [0.2, 0.25) is 0 Å². The third kappa shape index (κ3) is 9.99. The Hall–Kier alpha value is -3.19. The Kier molecular flexibility index (Phi) is 12.9. The Bertz CT molecular complexity index is 1210. The molecule has 0 bridgehead atoms. The molecule has 226 valence electrons. The van der Waals surface area contributed by atoms with Gasteiger partial charge in [0.2, 0.25) is 10.0 Å². The molecule has 2 aliphatic heterocycles. The topological polar surface area (TPSA) is 157 Å². The van der Waals surface area contributed by atoms with Gasteiger partial charge in [-0.3, -0.25) is 13.9 Å². The lowest BCUT2D eigenvalue weighted by molar-refractivity contribution is -0.122. The van der Waals surface area contributed by atoms with Crippen LogP contribution in [0.15, 0.2) is 48.5 Å². The molecule has 2 heterocycles. The largest absolute Gasteiger partial charge is 0.483 e. The van der Waals surface area contributed by atoms with Gasteiger partial charge in [-0.2, -0.15) is 0 Å². The van der Waals surface area contributed by atoms with Gasteiger partial charge in [0.05, 0.1) is 23.6 Å². The number of nitrogens with one attached hydrogen (secondary N) is 3. The smallest absolute Gasteiger partial charge is 0.290 e. The van der Waals surface area contributed by atoms with Crippen LogP contribution in [0, 0.1) is 0 Å². The molecular weight excluding hydrogens is 548 g/mol. The SMILES string of the molecule is CCNc1cc(C(=O)N[C@@H](Cc2ccccc2)[C@H](O)CNC2CCOCC2)cc(N2CCCCS2(=O)=O)c1.O=CO. The minimum atomic E-state index is -3.43. The summed E-state index contributed by atoms with van der Waals surface area (Å²) in [4.78, 5) is 21.9. The van der Waals surface area contributed by atoms with Gasteiger partial charge in [0.15, 0.2) is 0 Å². The summed E-state index contributed by atoms with van der Waals surface area (Å²) in [6.07, 6.45) is 2.84. The van der Waals surface area contributed by atoms with Crippen LogP contribution < -0.4 is 20.3 Å². The third-order valence-corrected chi connectivity index (χ3v) is 8.98. The number of nitrogens with zero attached hydrogens (tertiary/aromatic N) is 1. The monoisotopic (exact) mass is 590 g/mol. The number of benzene rings is 2. The van der Waals surface area contributed by atoms with Crippen molar-refractivity contribution in [3.63, 3.8) is 0 Å². The second-order valence-corrected chi connectivity index (χ2v) is 12.1. The molecule has 11 nitrogen and oxygen atoms in total. The van der Waals surface area contributed by atoms with E-state index in [-0.39, 0.29) is 24.2 Å². The molecule has 1 amide bonds. The second kappa shape index (κ2) is 16.3. The van der Waals surface area contributed by atoms with Crippen molar-refractivity contribution >= 4 is 33.8 Å². The molecule has 2 aromatic carbocycles. The van der Waals surface area contributed by atoms with E-state index in [9.17, 15) is 18.3 Å². The molecule has 0 unspecified atom stereocenters. The van der Waals surface area contributed by atoms with E-state index in [2.05, 4.69) is 16.0 Å². The molecule has 0 radical (unpaired) electrons. The van der Waals surface area contributed by atoms with E-state index in [4.69, 9.17) is 14.6 Å². The summed E-state index contributed by atoms with van der Waals surface area (Å²) in [7, 11) is -3.43. The van der Waals surface area contributed by atoms with Gasteiger partial charge in [0, 0.05) is 50.1 Å². The van der Waals surface area contributed by atoms with Crippen LogP contribution >= 0.6 is 0 Å². The number of rotatable bonds is 11. The van der Waals surface area contributed by atoms with Crippen LogP contribution in [-0.2, 0) is 26.0 Å². The minimum absolute atomic E-state index is 0.103. The van der Waals surface area contributed by atoms with Crippen molar-refractivity contribution in [3.05, 3.63) is 59.7 Å². The molecule has 2 aromatic rings. The average molecular weight is 591 g/mol. The molecule has 0 saturated carbocycles. The average Bonchev–Trinajstić information content (AvgIpc) is 2.97. The zero-order valence-electron chi connectivity index (χ0n) is 23.5. The van der Waals surface area contributed by atoms with Gasteiger partial charge in [-0.1, -0.05) is 30.3 Å². The van der Waals surface area contributed by atoms with Gasteiger partial charge in [-0.25, -0.2) is 8.42 Å². The van der Waals surface area contributed by atoms with Crippen molar-refractivity contribution in [2.45, 2.75) is 57.2 Å². The van der Waals surface area contributed by atoms with E-state index in [0.29, 0.717) is 62.6 Å². The Morgan fingerprint density at radius 2 is 1.85 bits per heavy atom. The lowest BCUT2D eigenvalue weighted by atomic mass is 9.99. The van der Waals surface area contributed by atoms with Crippen molar-refractivity contribution in [2.24, 2.45) is 0 Å². The van der Waals surface area contributed by atoms with E-state index in [0.717, 1.165) is 24.8 Å². The normalized spacial score (nSPS) is 18.3. The number of amides is 1. The van der Waals surface area contributed by atoms with E-state index in [1.165, 1.54) is 4.31 Å². The molecule has 2 saturated heterocycles. The molecule has 4 rings (SSSR count). The van der Waals surface area contributed by atoms with Crippen molar-refractivity contribution in [1.82, 2.24) is 10.6 Å². The lowest BCUT2D eigenvalue weighted by Gasteiger charge is -2.30. The van der Waals surface area contributed by atoms with Gasteiger partial charge in [0.25, 0.3) is 12.4 Å². The molecule has 2 atom stereocenters. The molecule has 2 fully saturated rings. The van der Waals surface area contributed by atoms with Crippen LogP contribution in [0.3, 0.4) is 0 Å². The first kappa shape index (κ1) is 32.3. The van der Waals surface area contributed by atoms with Gasteiger partial charge >= 0.3 is 0 Å². The summed E-state index contributed by atoms with van der Waals surface area (Å²) in [5.74, 6) is -0.253. The Balaban J connectivity index is 0.00000147. The molecule has 0 spiro atoms. The summed E-state index contributed by atoms with van der Waals surface area (Å²) in [5.41, 5.74) is 2.51. The summed E-state index contributed by atoms with van der Waals surface area (Å²) in [5, 5.41) is 27.7. The number of aliphatic hydroxyl groups is 1. The standard InChI is InChI=1S/C28H40N4O5S.CH2O2/c1-2-29-24-17-22(18-25(19-24)32-12-6-7-15-38(32,35)36)28(34)31-26(16-21-8-4-3-5-9-21)27(33)20-30-23-10-13-37-14-11-23;2-1-3/h3-5,8-9,17-19,23,26-27,29-30,33H,2,6-7,10-16,20H2,1H3,(H,31,34);1H,(H,2,3)/t26-,27+;/m0./s1. The Morgan fingerprint density at radius 1 is 1.15 bits per heavy atom. The molecule has 5 N–H and O–H groups in total. The van der Waals surface area contributed by atoms with E-state index in [1.807, 2.05) is 37.3 Å². The van der Waals surface area contributed by atoms with Gasteiger partial charge in [0.1, 0.15) is 0 Å².